The Hall–Kier alpha value is -0.120. The average molecular weight is 374 g/mol. The Labute approximate surface area is 165 Å². The summed E-state index contributed by atoms with van der Waals surface area (Å²) in [5.74, 6) is 2.33. The molecule has 2 heterocycles. The van der Waals surface area contributed by atoms with E-state index < -0.39 is 0 Å². The number of aliphatic hydroxyl groups excluding tert-OH is 1. The SMILES string of the molecule is C[C@]12CC[C@@H]3[C@@H](CC4OC45CCCC[C@]35C)[C@@H]1CC(N1CCCCC1)C2O. The van der Waals surface area contributed by atoms with Gasteiger partial charge in [-0.05, 0) is 87.6 Å². The summed E-state index contributed by atoms with van der Waals surface area (Å²) in [6.45, 7) is 7.47. The van der Waals surface area contributed by atoms with Crippen molar-refractivity contribution < 1.29 is 9.84 Å². The molecule has 4 unspecified atom stereocenters. The minimum atomic E-state index is -0.118. The van der Waals surface area contributed by atoms with E-state index in [0.29, 0.717) is 23.5 Å². The van der Waals surface area contributed by atoms with E-state index >= 15 is 0 Å². The Morgan fingerprint density at radius 3 is 2.48 bits per heavy atom. The van der Waals surface area contributed by atoms with Crippen LogP contribution in [0.25, 0.3) is 0 Å². The van der Waals surface area contributed by atoms with Crippen LogP contribution >= 0.6 is 0 Å². The van der Waals surface area contributed by atoms with Crippen molar-refractivity contribution in [2.24, 2.45) is 28.6 Å². The molecule has 0 aromatic heterocycles. The quantitative estimate of drug-likeness (QED) is 0.693. The number of fused-ring (bicyclic) bond motifs is 4. The van der Waals surface area contributed by atoms with Crippen LogP contribution in [-0.2, 0) is 4.74 Å². The first-order valence-electron chi connectivity index (χ1n) is 12.1. The molecule has 4 saturated carbocycles. The van der Waals surface area contributed by atoms with Gasteiger partial charge in [-0.25, -0.2) is 0 Å². The molecule has 9 atom stereocenters. The number of hydrogen-bond acceptors (Lipinski definition) is 3. The third-order valence-electron chi connectivity index (χ3n) is 10.9. The molecule has 6 aliphatic rings. The van der Waals surface area contributed by atoms with E-state index in [-0.39, 0.29) is 17.1 Å². The zero-order chi connectivity index (χ0) is 18.4. The zero-order valence-corrected chi connectivity index (χ0v) is 17.5. The summed E-state index contributed by atoms with van der Waals surface area (Å²) in [7, 11) is 0. The summed E-state index contributed by atoms with van der Waals surface area (Å²) < 4.78 is 6.54. The Balaban J connectivity index is 1.31. The number of aliphatic hydroxyl groups is 1. The monoisotopic (exact) mass is 373 g/mol. The summed E-state index contributed by atoms with van der Waals surface area (Å²) in [6.07, 6.45) is 15.0. The first kappa shape index (κ1) is 17.7. The zero-order valence-electron chi connectivity index (χ0n) is 17.5. The Kier molecular flexibility index (Phi) is 3.76. The fourth-order valence-corrected chi connectivity index (χ4v) is 9.30. The number of nitrogens with zero attached hydrogens (tertiary/aromatic N) is 1. The van der Waals surface area contributed by atoms with Gasteiger partial charge in [-0.1, -0.05) is 33.1 Å². The van der Waals surface area contributed by atoms with Gasteiger partial charge < -0.3 is 9.84 Å². The molecule has 152 valence electrons. The molecule has 1 N–H and O–H groups in total. The average Bonchev–Trinajstić information content (AvgIpc) is 3.32. The van der Waals surface area contributed by atoms with Crippen LogP contribution in [0.2, 0.25) is 0 Å². The lowest BCUT2D eigenvalue weighted by Gasteiger charge is -2.58. The maximum atomic E-state index is 11.5. The van der Waals surface area contributed by atoms with Gasteiger partial charge >= 0.3 is 0 Å². The largest absolute Gasteiger partial charge is 0.391 e. The molecule has 0 bridgehead atoms. The fraction of sp³-hybridized carbons (Fsp3) is 1.00. The number of hydrogen-bond donors (Lipinski definition) is 1. The summed E-state index contributed by atoms with van der Waals surface area (Å²) >= 11 is 0. The van der Waals surface area contributed by atoms with Gasteiger partial charge in [0.2, 0.25) is 0 Å². The number of rotatable bonds is 1. The van der Waals surface area contributed by atoms with E-state index in [2.05, 4.69) is 18.7 Å². The third kappa shape index (κ3) is 2.15. The molecule has 2 aliphatic heterocycles. The molecular weight excluding hydrogens is 334 g/mol. The highest BCUT2D eigenvalue weighted by Crippen LogP contribution is 2.73. The van der Waals surface area contributed by atoms with Gasteiger partial charge in [0.15, 0.2) is 0 Å². The predicted molar refractivity (Wildman–Crippen MR) is 106 cm³/mol. The van der Waals surface area contributed by atoms with Crippen molar-refractivity contribution in [1.29, 1.82) is 0 Å². The maximum Gasteiger partial charge on any atom is 0.100 e. The van der Waals surface area contributed by atoms with Gasteiger partial charge in [0.25, 0.3) is 0 Å². The number of ether oxygens (including phenoxy) is 1. The Morgan fingerprint density at radius 1 is 0.889 bits per heavy atom. The van der Waals surface area contributed by atoms with Crippen molar-refractivity contribution in [2.75, 3.05) is 13.1 Å². The summed E-state index contributed by atoms with van der Waals surface area (Å²) in [4.78, 5) is 2.66. The minimum absolute atomic E-state index is 0.118. The molecule has 6 fully saturated rings. The maximum absolute atomic E-state index is 11.5. The molecule has 3 heteroatoms. The van der Waals surface area contributed by atoms with E-state index in [1.807, 2.05) is 0 Å². The lowest BCUT2D eigenvalue weighted by Crippen LogP contribution is -2.57. The highest BCUT2D eigenvalue weighted by molar-refractivity contribution is 5.24. The van der Waals surface area contributed by atoms with Crippen LogP contribution in [0.15, 0.2) is 0 Å². The second-order valence-corrected chi connectivity index (χ2v) is 11.6. The van der Waals surface area contributed by atoms with Gasteiger partial charge in [-0.15, -0.1) is 0 Å². The summed E-state index contributed by atoms with van der Waals surface area (Å²) in [6, 6.07) is 0.421. The van der Waals surface area contributed by atoms with Gasteiger partial charge in [-0.3, -0.25) is 4.90 Å². The second kappa shape index (κ2) is 5.73. The normalized spacial score (nSPS) is 60.1. The highest BCUT2D eigenvalue weighted by Gasteiger charge is 2.75. The summed E-state index contributed by atoms with van der Waals surface area (Å²) in [5, 5.41) is 11.5. The van der Waals surface area contributed by atoms with Crippen molar-refractivity contribution in [3.8, 4) is 0 Å². The van der Waals surface area contributed by atoms with Crippen LogP contribution in [-0.4, -0.2) is 46.9 Å². The number of epoxide rings is 1. The van der Waals surface area contributed by atoms with Crippen LogP contribution in [0.1, 0.15) is 84.5 Å². The van der Waals surface area contributed by atoms with Crippen LogP contribution in [0.5, 0.6) is 0 Å². The van der Waals surface area contributed by atoms with Crippen LogP contribution in [0.4, 0.5) is 0 Å². The van der Waals surface area contributed by atoms with Crippen molar-refractivity contribution in [1.82, 2.24) is 4.90 Å². The van der Waals surface area contributed by atoms with Gasteiger partial charge in [0.1, 0.15) is 5.60 Å². The van der Waals surface area contributed by atoms with Crippen LogP contribution in [0, 0.1) is 28.6 Å². The second-order valence-electron chi connectivity index (χ2n) is 11.6. The molecule has 1 spiro atoms. The molecule has 2 saturated heterocycles. The first-order valence-corrected chi connectivity index (χ1v) is 12.1. The smallest absolute Gasteiger partial charge is 0.100 e. The van der Waals surface area contributed by atoms with E-state index in [0.717, 1.165) is 11.8 Å². The molecule has 27 heavy (non-hydrogen) atoms. The van der Waals surface area contributed by atoms with Crippen molar-refractivity contribution in [2.45, 2.75) is 108 Å². The van der Waals surface area contributed by atoms with Crippen molar-refractivity contribution >= 4 is 0 Å². The van der Waals surface area contributed by atoms with E-state index in [1.165, 1.54) is 83.7 Å². The standard InChI is InChI=1S/C24H39NO2/c1-22-11-8-17-16(14-20-24(27-20)10-5-4-9-23(17,24)2)18(22)15-19(21(22)26)25-12-6-3-7-13-25/h16-21,26H,3-15H2,1-2H3/t16-,17-,18+,19?,20?,21?,22+,23-,24?/m1/s1. The van der Waals surface area contributed by atoms with Crippen LogP contribution < -0.4 is 0 Å². The van der Waals surface area contributed by atoms with Gasteiger partial charge in [0.05, 0.1) is 12.2 Å². The molecule has 3 nitrogen and oxygen atoms in total. The molecule has 0 aromatic rings. The molecule has 0 radical (unpaired) electrons. The lowest BCUT2D eigenvalue weighted by molar-refractivity contribution is -0.110. The highest BCUT2D eigenvalue weighted by atomic mass is 16.6. The van der Waals surface area contributed by atoms with Gasteiger partial charge in [0, 0.05) is 11.5 Å². The van der Waals surface area contributed by atoms with Crippen molar-refractivity contribution in [3.63, 3.8) is 0 Å². The number of likely N-dealkylation sites (tertiary alicyclic amines) is 1. The predicted octanol–water partition coefficient (Wildman–Crippen LogP) is 4.38. The van der Waals surface area contributed by atoms with Crippen LogP contribution in [0.3, 0.4) is 0 Å². The Bertz CT molecular complexity index is 618. The summed E-state index contributed by atoms with van der Waals surface area (Å²) in [5.41, 5.74) is 0.807. The molecule has 4 aliphatic carbocycles. The molecule has 0 amide bonds. The van der Waals surface area contributed by atoms with E-state index in [4.69, 9.17) is 4.74 Å². The fourth-order valence-electron chi connectivity index (χ4n) is 9.30. The van der Waals surface area contributed by atoms with E-state index in [9.17, 15) is 5.11 Å². The molecular formula is C24H39NO2. The third-order valence-corrected chi connectivity index (χ3v) is 10.9. The molecule has 0 aromatic carbocycles. The topological polar surface area (TPSA) is 36.0 Å². The lowest BCUT2D eigenvalue weighted by atomic mass is 9.45. The Morgan fingerprint density at radius 2 is 1.67 bits per heavy atom. The minimum Gasteiger partial charge on any atom is -0.391 e. The molecule has 6 rings (SSSR count). The van der Waals surface area contributed by atoms with Crippen molar-refractivity contribution in [3.05, 3.63) is 0 Å². The first-order chi connectivity index (χ1) is 13.0. The number of piperidine rings is 1. The van der Waals surface area contributed by atoms with Gasteiger partial charge in [-0.2, -0.15) is 0 Å². The van der Waals surface area contributed by atoms with E-state index in [1.54, 1.807) is 0 Å².